The highest BCUT2D eigenvalue weighted by Gasteiger charge is 2.51. The summed E-state index contributed by atoms with van der Waals surface area (Å²) in [6.07, 6.45) is 1.41. The molecule has 0 radical (unpaired) electrons. The van der Waals surface area contributed by atoms with E-state index >= 15 is 0 Å². The van der Waals surface area contributed by atoms with Gasteiger partial charge in [0.25, 0.3) is 11.6 Å². The number of hydrogen-bond acceptors (Lipinski definition) is 5. The van der Waals surface area contributed by atoms with Crippen molar-refractivity contribution < 1.29 is 18.9 Å². The largest absolute Gasteiger partial charge is 0.466 e. The van der Waals surface area contributed by atoms with Crippen LogP contribution in [-0.4, -0.2) is 21.8 Å². The average molecular weight is 315 g/mol. The molecule has 3 amide bonds. The number of benzene rings is 1. The van der Waals surface area contributed by atoms with Crippen molar-refractivity contribution in [2.75, 3.05) is 0 Å². The first-order valence-corrected chi connectivity index (χ1v) is 6.84. The van der Waals surface area contributed by atoms with Gasteiger partial charge in [0.2, 0.25) is 0 Å². The van der Waals surface area contributed by atoms with Crippen LogP contribution in [0.1, 0.15) is 18.2 Å². The molecule has 1 fully saturated rings. The monoisotopic (exact) mass is 315 g/mol. The van der Waals surface area contributed by atoms with Crippen LogP contribution in [0.15, 0.2) is 47.1 Å². The van der Waals surface area contributed by atoms with Crippen molar-refractivity contribution >= 4 is 17.6 Å². The third kappa shape index (κ3) is 2.33. The van der Waals surface area contributed by atoms with Crippen molar-refractivity contribution in [3.8, 4) is 0 Å². The molecule has 1 saturated heterocycles. The summed E-state index contributed by atoms with van der Waals surface area (Å²) >= 11 is 0. The number of para-hydroxylation sites is 1. The Morgan fingerprint density at radius 2 is 2.00 bits per heavy atom. The van der Waals surface area contributed by atoms with Crippen LogP contribution >= 0.6 is 0 Å². The first-order chi connectivity index (χ1) is 10.9. The van der Waals surface area contributed by atoms with Crippen LogP contribution in [0.25, 0.3) is 0 Å². The van der Waals surface area contributed by atoms with Crippen LogP contribution in [0.3, 0.4) is 0 Å². The quantitative estimate of drug-likeness (QED) is 0.528. The molecular formula is C15H13N3O5. The number of hydrogen-bond donors (Lipinski definition) is 1. The molecule has 0 aliphatic carbocycles. The fourth-order valence-electron chi connectivity index (χ4n) is 2.56. The minimum absolute atomic E-state index is 0.139. The number of nitro groups is 1. The molecule has 0 bridgehead atoms. The molecule has 2 heterocycles. The van der Waals surface area contributed by atoms with Gasteiger partial charge in [-0.25, -0.2) is 4.79 Å². The van der Waals surface area contributed by atoms with Crippen LogP contribution in [0.4, 0.5) is 10.5 Å². The first kappa shape index (κ1) is 14.8. The normalized spacial score (nSPS) is 20.7. The van der Waals surface area contributed by atoms with Crippen LogP contribution in [0.5, 0.6) is 0 Å². The highest BCUT2D eigenvalue weighted by molar-refractivity contribution is 6.06. The van der Waals surface area contributed by atoms with E-state index in [1.807, 2.05) is 0 Å². The zero-order valence-electron chi connectivity index (χ0n) is 12.2. The van der Waals surface area contributed by atoms with Gasteiger partial charge in [0.1, 0.15) is 5.76 Å². The maximum absolute atomic E-state index is 12.6. The lowest BCUT2D eigenvalue weighted by atomic mass is 9.99. The summed E-state index contributed by atoms with van der Waals surface area (Å²) in [6, 6.07) is 8.58. The molecule has 1 atom stereocenters. The lowest BCUT2D eigenvalue weighted by Gasteiger charge is -2.19. The summed E-state index contributed by atoms with van der Waals surface area (Å²) in [7, 11) is 0. The summed E-state index contributed by atoms with van der Waals surface area (Å²) in [5.74, 6) is -0.212. The van der Waals surface area contributed by atoms with Gasteiger partial charge in [-0.05, 0) is 19.1 Å². The summed E-state index contributed by atoms with van der Waals surface area (Å²) < 4.78 is 5.23. The SMILES string of the molecule is CC1(c2ccco2)NC(=O)N(Cc2ccccc2[N+](=O)[O-])C1=O. The van der Waals surface area contributed by atoms with Gasteiger partial charge in [-0.2, -0.15) is 0 Å². The minimum Gasteiger partial charge on any atom is -0.466 e. The summed E-state index contributed by atoms with van der Waals surface area (Å²) in [5, 5.41) is 13.6. The Balaban J connectivity index is 1.92. The summed E-state index contributed by atoms with van der Waals surface area (Å²) in [6.45, 7) is 1.35. The van der Waals surface area contributed by atoms with E-state index in [1.165, 1.54) is 31.4 Å². The van der Waals surface area contributed by atoms with E-state index in [1.54, 1.807) is 18.2 Å². The maximum atomic E-state index is 12.6. The van der Waals surface area contributed by atoms with Crippen molar-refractivity contribution in [2.45, 2.75) is 19.0 Å². The molecule has 0 saturated carbocycles. The maximum Gasteiger partial charge on any atom is 0.325 e. The average Bonchev–Trinajstić information content (AvgIpc) is 3.12. The number of nitrogens with one attached hydrogen (secondary N) is 1. The number of furan rings is 1. The molecule has 1 aliphatic rings. The predicted molar refractivity (Wildman–Crippen MR) is 78.2 cm³/mol. The van der Waals surface area contributed by atoms with Crippen LogP contribution < -0.4 is 5.32 Å². The fraction of sp³-hybridized carbons (Fsp3) is 0.200. The Kier molecular flexibility index (Phi) is 3.36. The first-order valence-electron chi connectivity index (χ1n) is 6.84. The second-order valence-electron chi connectivity index (χ2n) is 5.31. The molecule has 1 N–H and O–H groups in total. The van der Waals surface area contributed by atoms with E-state index in [2.05, 4.69) is 5.32 Å². The van der Waals surface area contributed by atoms with E-state index in [4.69, 9.17) is 4.42 Å². The molecule has 1 aromatic heterocycles. The second kappa shape index (κ2) is 5.24. The molecule has 2 aromatic rings. The molecule has 8 nitrogen and oxygen atoms in total. The van der Waals surface area contributed by atoms with E-state index < -0.39 is 22.4 Å². The van der Waals surface area contributed by atoms with Crippen molar-refractivity contribution in [1.82, 2.24) is 10.2 Å². The van der Waals surface area contributed by atoms with Gasteiger partial charge in [0.15, 0.2) is 5.54 Å². The smallest absolute Gasteiger partial charge is 0.325 e. The Hall–Kier alpha value is -3.16. The van der Waals surface area contributed by atoms with E-state index in [0.717, 1.165) is 4.90 Å². The van der Waals surface area contributed by atoms with Crippen LogP contribution in [0, 0.1) is 10.1 Å². The number of urea groups is 1. The van der Waals surface area contributed by atoms with Gasteiger partial charge in [0.05, 0.1) is 17.7 Å². The Labute approximate surface area is 130 Å². The van der Waals surface area contributed by atoms with Gasteiger partial charge in [-0.3, -0.25) is 19.8 Å². The van der Waals surface area contributed by atoms with Crippen molar-refractivity contribution in [1.29, 1.82) is 0 Å². The van der Waals surface area contributed by atoms with Gasteiger partial charge in [-0.1, -0.05) is 18.2 Å². The standard InChI is InChI=1S/C15H13N3O5/c1-15(12-7-4-8-23-12)13(19)17(14(20)16-15)9-10-5-2-3-6-11(10)18(21)22/h2-8H,9H2,1H3,(H,16,20). The number of carbonyl (C=O) groups is 2. The third-order valence-corrected chi connectivity index (χ3v) is 3.81. The van der Waals surface area contributed by atoms with E-state index in [-0.39, 0.29) is 17.8 Å². The fourth-order valence-corrected chi connectivity index (χ4v) is 2.56. The van der Waals surface area contributed by atoms with E-state index in [9.17, 15) is 19.7 Å². The van der Waals surface area contributed by atoms with Gasteiger partial charge in [-0.15, -0.1) is 0 Å². The molecule has 1 aliphatic heterocycles. The number of imide groups is 1. The highest BCUT2D eigenvalue weighted by atomic mass is 16.6. The Morgan fingerprint density at radius 1 is 1.26 bits per heavy atom. The number of amides is 3. The Bertz CT molecular complexity index is 786. The molecular weight excluding hydrogens is 302 g/mol. The molecule has 1 aromatic carbocycles. The molecule has 1 unspecified atom stereocenters. The van der Waals surface area contributed by atoms with Crippen LogP contribution in [0.2, 0.25) is 0 Å². The summed E-state index contributed by atoms with van der Waals surface area (Å²) in [5.41, 5.74) is -1.17. The van der Waals surface area contributed by atoms with Crippen LogP contribution in [-0.2, 0) is 16.9 Å². The number of nitrogens with zero attached hydrogens (tertiary/aromatic N) is 2. The van der Waals surface area contributed by atoms with Crippen molar-refractivity contribution in [2.24, 2.45) is 0 Å². The van der Waals surface area contributed by atoms with E-state index in [0.29, 0.717) is 5.76 Å². The van der Waals surface area contributed by atoms with Gasteiger partial charge >= 0.3 is 6.03 Å². The van der Waals surface area contributed by atoms with Gasteiger partial charge < -0.3 is 9.73 Å². The Morgan fingerprint density at radius 3 is 2.65 bits per heavy atom. The minimum atomic E-state index is -1.32. The zero-order chi connectivity index (χ0) is 16.6. The number of carbonyl (C=O) groups excluding carboxylic acids is 2. The number of rotatable bonds is 4. The lowest BCUT2D eigenvalue weighted by Crippen LogP contribution is -2.40. The van der Waals surface area contributed by atoms with Crippen molar-refractivity contribution in [3.05, 3.63) is 64.1 Å². The molecule has 8 heteroatoms. The summed E-state index contributed by atoms with van der Waals surface area (Å²) in [4.78, 5) is 36.3. The molecule has 118 valence electrons. The third-order valence-electron chi connectivity index (χ3n) is 3.81. The lowest BCUT2D eigenvalue weighted by molar-refractivity contribution is -0.385. The van der Waals surface area contributed by atoms with Crippen molar-refractivity contribution in [3.63, 3.8) is 0 Å². The topological polar surface area (TPSA) is 106 Å². The predicted octanol–water partition coefficient (Wildman–Crippen LogP) is 2.16. The molecule has 0 spiro atoms. The molecule has 23 heavy (non-hydrogen) atoms. The second-order valence-corrected chi connectivity index (χ2v) is 5.31. The number of nitro benzene ring substituents is 1. The zero-order valence-corrected chi connectivity index (χ0v) is 12.2. The highest BCUT2D eigenvalue weighted by Crippen LogP contribution is 2.31. The van der Waals surface area contributed by atoms with Gasteiger partial charge in [0, 0.05) is 11.6 Å². The molecule has 3 rings (SSSR count).